The highest BCUT2D eigenvalue weighted by molar-refractivity contribution is 5.78. The van der Waals surface area contributed by atoms with E-state index in [1.807, 2.05) is 23.9 Å². The van der Waals surface area contributed by atoms with Crippen molar-refractivity contribution in [1.82, 2.24) is 15.1 Å². The maximum Gasteiger partial charge on any atom is 0.220 e. The molecule has 3 aliphatic heterocycles. The first-order valence-electron chi connectivity index (χ1n) is 12.3. The predicted octanol–water partition coefficient (Wildman–Crippen LogP) is 0.648. The van der Waals surface area contributed by atoms with Crippen molar-refractivity contribution >= 4 is 11.9 Å². The third-order valence-electron chi connectivity index (χ3n) is 8.39. The summed E-state index contributed by atoms with van der Waals surface area (Å²) >= 11 is 0. The highest BCUT2D eigenvalue weighted by Gasteiger charge is 2.45. The van der Waals surface area contributed by atoms with Gasteiger partial charge in [0.05, 0.1) is 31.8 Å². The normalized spacial score (nSPS) is 28.2. The molecule has 2 aromatic rings. The van der Waals surface area contributed by atoms with Crippen LogP contribution >= 0.6 is 0 Å². The Bertz CT molecular complexity index is 992. The summed E-state index contributed by atoms with van der Waals surface area (Å²) in [7, 11) is 2.01. The van der Waals surface area contributed by atoms with E-state index in [1.165, 1.54) is 12.1 Å². The lowest BCUT2D eigenvalue weighted by atomic mass is 9.74. The fraction of sp³-hybridized carbons (Fsp3) is 0.640. The van der Waals surface area contributed by atoms with Gasteiger partial charge in [0.1, 0.15) is 11.7 Å². The maximum absolute atomic E-state index is 12.7. The van der Waals surface area contributed by atoms with E-state index < -0.39 is 11.4 Å². The Morgan fingerprint density at radius 3 is 2.82 bits per heavy atom. The summed E-state index contributed by atoms with van der Waals surface area (Å²) in [5.41, 5.74) is 1.74. The molecule has 5 heterocycles. The minimum absolute atomic E-state index is 0.00429. The van der Waals surface area contributed by atoms with Crippen molar-refractivity contribution in [2.24, 2.45) is 18.4 Å². The van der Waals surface area contributed by atoms with Gasteiger partial charge in [-0.3, -0.25) is 9.48 Å². The topological polar surface area (TPSA) is 105 Å². The second-order valence-corrected chi connectivity index (χ2v) is 10.5. The first-order chi connectivity index (χ1) is 15.9. The minimum atomic E-state index is -1.04. The third kappa shape index (κ3) is 4.58. The first-order valence-corrected chi connectivity index (χ1v) is 12.3. The number of quaternary nitrogens is 1. The molecule has 1 aliphatic carbocycles. The van der Waals surface area contributed by atoms with Gasteiger partial charge in [-0.1, -0.05) is 12.8 Å². The van der Waals surface area contributed by atoms with Gasteiger partial charge in [-0.05, 0) is 48.8 Å². The van der Waals surface area contributed by atoms with E-state index in [0.717, 1.165) is 56.6 Å². The smallest absolute Gasteiger partial charge is 0.220 e. The summed E-state index contributed by atoms with van der Waals surface area (Å²) in [6, 6.07) is 6.41. The lowest BCUT2D eigenvalue weighted by Gasteiger charge is -2.47. The molecular weight excluding hydrogens is 420 g/mol. The number of aromatic nitrogens is 2. The maximum atomic E-state index is 12.7. The molecule has 0 spiro atoms. The molecule has 2 bridgehead atoms. The van der Waals surface area contributed by atoms with Crippen LogP contribution in [0, 0.1) is 11.3 Å². The number of aryl methyl sites for hydroxylation is 1. The Hall–Kier alpha value is -2.61. The van der Waals surface area contributed by atoms with Crippen LogP contribution in [0.1, 0.15) is 63.0 Å². The Morgan fingerprint density at radius 1 is 1.33 bits per heavy atom. The zero-order valence-corrected chi connectivity index (χ0v) is 19.3. The molecule has 178 valence electrons. The van der Waals surface area contributed by atoms with Crippen molar-refractivity contribution in [3.63, 3.8) is 0 Å². The van der Waals surface area contributed by atoms with E-state index in [-0.39, 0.29) is 12.3 Å². The Kier molecular flexibility index (Phi) is 6.03. The molecule has 33 heavy (non-hydrogen) atoms. The summed E-state index contributed by atoms with van der Waals surface area (Å²) in [5.74, 6) is 0.799. The van der Waals surface area contributed by atoms with Crippen molar-refractivity contribution in [3.8, 4) is 11.5 Å². The van der Waals surface area contributed by atoms with Crippen LogP contribution in [0.4, 0.5) is 0 Å². The van der Waals surface area contributed by atoms with E-state index in [9.17, 15) is 14.7 Å². The molecule has 3 saturated heterocycles. The number of furan rings is 1. The molecule has 8 nitrogen and oxygen atoms in total. The largest absolute Gasteiger partial charge is 0.550 e. The van der Waals surface area contributed by atoms with E-state index in [4.69, 9.17) is 4.42 Å². The van der Waals surface area contributed by atoms with Crippen molar-refractivity contribution in [2.75, 3.05) is 19.6 Å². The fourth-order valence-electron chi connectivity index (χ4n) is 6.74. The van der Waals surface area contributed by atoms with Gasteiger partial charge >= 0.3 is 0 Å². The average molecular weight is 455 g/mol. The van der Waals surface area contributed by atoms with E-state index in [0.29, 0.717) is 30.8 Å². The molecule has 4 atom stereocenters. The number of carbonyl (C=O) groups excluding carboxylic acids is 2. The van der Waals surface area contributed by atoms with Gasteiger partial charge in [0, 0.05) is 38.0 Å². The molecule has 1 saturated carbocycles. The van der Waals surface area contributed by atoms with Gasteiger partial charge < -0.3 is 24.5 Å². The molecule has 4 aliphatic rings. The van der Waals surface area contributed by atoms with Crippen molar-refractivity contribution in [2.45, 2.75) is 63.3 Å². The number of nitrogens with one attached hydrogen (secondary N) is 2. The SMILES string of the molecule is Cn1nc(-c2ccco2)cc1[C@H]1C[NH+]2CC[C@H]1C[C@@H]2CNC(=O)CC1(CC(=O)[O-])CCCC1. The molecular formula is C25H34N4O4. The van der Waals surface area contributed by atoms with Crippen LogP contribution in [0.2, 0.25) is 0 Å². The minimum Gasteiger partial charge on any atom is -0.550 e. The predicted molar refractivity (Wildman–Crippen MR) is 119 cm³/mol. The number of fused-ring (bicyclic) bond motifs is 3. The van der Waals surface area contributed by atoms with Crippen LogP contribution in [0.15, 0.2) is 28.9 Å². The number of hydrogen-bond acceptors (Lipinski definition) is 5. The molecule has 4 fully saturated rings. The number of carbonyl (C=O) groups is 2. The Balaban J connectivity index is 1.18. The molecule has 2 aromatic heterocycles. The van der Waals surface area contributed by atoms with E-state index >= 15 is 0 Å². The Labute approximate surface area is 194 Å². The molecule has 1 unspecified atom stereocenters. The van der Waals surface area contributed by atoms with Crippen LogP contribution in [0.5, 0.6) is 0 Å². The highest BCUT2D eigenvalue weighted by atomic mass is 16.4. The van der Waals surface area contributed by atoms with Crippen LogP contribution in [0.25, 0.3) is 11.5 Å². The second kappa shape index (κ2) is 8.97. The van der Waals surface area contributed by atoms with Gasteiger partial charge in [0.15, 0.2) is 5.76 Å². The zero-order valence-electron chi connectivity index (χ0n) is 19.3. The van der Waals surface area contributed by atoms with Gasteiger partial charge in [0.25, 0.3) is 0 Å². The quantitative estimate of drug-likeness (QED) is 0.609. The van der Waals surface area contributed by atoms with E-state index in [2.05, 4.69) is 16.5 Å². The van der Waals surface area contributed by atoms with Crippen molar-refractivity contribution in [3.05, 3.63) is 30.2 Å². The van der Waals surface area contributed by atoms with Crippen LogP contribution < -0.4 is 15.3 Å². The number of carboxylic acids is 1. The zero-order chi connectivity index (χ0) is 23.0. The molecule has 0 radical (unpaired) electrons. The van der Waals surface area contributed by atoms with Gasteiger partial charge in [0.2, 0.25) is 5.91 Å². The van der Waals surface area contributed by atoms with Crippen LogP contribution in [-0.2, 0) is 16.6 Å². The lowest BCUT2D eigenvalue weighted by Crippen LogP contribution is -3.20. The van der Waals surface area contributed by atoms with Gasteiger partial charge in [-0.15, -0.1) is 0 Å². The second-order valence-electron chi connectivity index (χ2n) is 10.5. The molecule has 2 N–H and O–H groups in total. The van der Waals surface area contributed by atoms with E-state index in [1.54, 1.807) is 11.2 Å². The number of hydrogen-bond donors (Lipinski definition) is 2. The standard InChI is InChI=1S/C25H34N4O4/c1-28-21(12-20(27-28)22-5-4-10-33-22)19-16-29-9-6-17(19)11-18(29)15-26-23(30)13-25(14-24(31)32)7-2-3-8-25/h4-5,10,12,17-19H,2-3,6-9,11,13-16H2,1H3,(H,26,30)(H,31,32)/t17-,18+,19-/m0/s1. The number of piperidine rings is 3. The number of nitrogens with zero attached hydrogens (tertiary/aromatic N) is 2. The summed E-state index contributed by atoms with van der Waals surface area (Å²) in [5, 5.41) is 19.0. The average Bonchev–Trinajstić information content (AvgIpc) is 3.54. The third-order valence-corrected chi connectivity index (χ3v) is 8.39. The summed E-state index contributed by atoms with van der Waals surface area (Å²) in [6.07, 6.45) is 7.88. The summed E-state index contributed by atoms with van der Waals surface area (Å²) < 4.78 is 7.53. The van der Waals surface area contributed by atoms with Crippen LogP contribution in [0.3, 0.4) is 0 Å². The van der Waals surface area contributed by atoms with Crippen LogP contribution in [-0.4, -0.2) is 47.3 Å². The lowest BCUT2D eigenvalue weighted by molar-refractivity contribution is -0.942. The fourth-order valence-corrected chi connectivity index (χ4v) is 6.74. The highest BCUT2D eigenvalue weighted by Crippen LogP contribution is 2.44. The number of carboxylic acid groups (broad SMARTS) is 1. The van der Waals surface area contributed by atoms with Gasteiger partial charge in [-0.25, -0.2) is 0 Å². The summed E-state index contributed by atoms with van der Waals surface area (Å²) in [6.45, 7) is 2.86. The molecule has 6 rings (SSSR count). The van der Waals surface area contributed by atoms with Crippen molar-refractivity contribution in [1.29, 1.82) is 0 Å². The molecule has 1 amide bonds. The summed E-state index contributed by atoms with van der Waals surface area (Å²) in [4.78, 5) is 25.5. The first kappa shape index (κ1) is 22.2. The van der Waals surface area contributed by atoms with Gasteiger partial charge in [-0.2, -0.15) is 5.10 Å². The molecule has 0 aromatic carbocycles. The number of aliphatic carboxylic acids is 1. The van der Waals surface area contributed by atoms with Crippen molar-refractivity contribution < 1.29 is 24.0 Å². The number of rotatable bonds is 8. The number of amides is 1. The molecule has 8 heteroatoms. The monoisotopic (exact) mass is 454 g/mol. The Morgan fingerprint density at radius 2 is 2.15 bits per heavy atom.